The smallest absolute Gasteiger partial charge is 0.251 e. The van der Waals surface area contributed by atoms with Crippen molar-refractivity contribution in [3.63, 3.8) is 0 Å². The van der Waals surface area contributed by atoms with E-state index in [0.29, 0.717) is 24.6 Å². The highest BCUT2D eigenvalue weighted by atomic mass is 16.2. The Bertz CT molecular complexity index is 830. The monoisotopic (exact) mass is 379 g/mol. The molecule has 1 heterocycles. The zero-order valence-corrected chi connectivity index (χ0v) is 16.9. The van der Waals surface area contributed by atoms with Gasteiger partial charge in [-0.15, -0.1) is 0 Å². The molecule has 2 amide bonds. The molecule has 1 aliphatic rings. The zero-order valence-electron chi connectivity index (χ0n) is 16.9. The van der Waals surface area contributed by atoms with E-state index >= 15 is 0 Å². The minimum atomic E-state index is -0.105. The lowest BCUT2D eigenvalue weighted by molar-refractivity contribution is -0.117. The molecule has 0 aromatic heterocycles. The number of amides is 2. The highest BCUT2D eigenvalue weighted by Crippen LogP contribution is 2.21. The molecule has 0 atom stereocenters. The van der Waals surface area contributed by atoms with Crippen LogP contribution >= 0.6 is 0 Å². The minimum Gasteiger partial charge on any atom is -0.348 e. The second-order valence-corrected chi connectivity index (χ2v) is 7.66. The van der Waals surface area contributed by atoms with Gasteiger partial charge in [0.2, 0.25) is 5.91 Å². The molecule has 5 heteroatoms. The average molecular weight is 380 g/mol. The number of nitrogens with zero attached hydrogens (tertiary/aromatic N) is 2. The number of benzene rings is 2. The fraction of sp³-hybridized carbons (Fsp3) is 0.391. The third kappa shape index (κ3) is 4.78. The maximum atomic E-state index is 12.6. The van der Waals surface area contributed by atoms with Crippen molar-refractivity contribution in [2.24, 2.45) is 0 Å². The number of rotatable bonds is 7. The number of carbonyl (C=O) groups is 2. The number of hydrogen-bond donors (Lipinski definition) is 1. The summed E-state index contributed by atoms with van der Waals surface area (Å²) in [5.41, 5.74) is 3.82. The van der Waals surface area contributed by atoms with E-state index in [1.807, 2.05) is 24.3 Å². The topological polar surface area (TPSA) is 52.7 Å². The molecular weight excluding hydrogens is 350 g/mol. The molecule has 1 aliphatic heterocycles. The third-order valence-electron chi connectivity index (χ3n) is 5.37. The predicted molar refractivity (Wildman–Crippen MR) is 112 cm³/mol. The van der Waals surface area contributed by atoms with E-state index in [1.54, 1.807) is 17.0 Å². The van der Waals surface area contributed by atoms with Gasteiger partial charge in [-0.3, -0.25) is 14.5 Å². The Morgan fingerprint density at radius 3 is 2.39 bits per heavy atom. The highest BCUT2D eigenvalue weighted by molar-refractivity contribution is 5.97. The van der Waals surface area contributed by atoms with Crippen LogP contribution < -0.4 is 10.2 Å². The number of nitrogens with one attached hydrogen (secondary N) is 1. The van der Waals surface area contributed by atoms with Crippen LogP contribution in [0.2, 0.25) is 0 Å². The van der Waals surface area contributed by atoms with Crippen LogP contribution in [-0.2, 0) is 17.9 Å². The first kappa shape index (κ1) is 20.1. The molecule has 1 saturated heterocycles. The van der Waals surface area contributed by atoms with Crippen molar-refractivity contribution in [1.29, 1.82) is 0 Å². The van der Waals surface area contributed by atoms with Gasteiger partial charge in [0.05, 0.1) is 0 Å². The van der Waals surface area contributed by atoms with Gasteiger partial charge in [0.1, 0.15) is 0 Å². The second kappa shape index (κ2) is 9.02. The quantitative estimate of drug-likeness (QED) is 0.800. The van der Waals surface area contributed by atoms with Crippen molar-refractivity contribution in [3.05, 3.63) is 65.2 Å². The van der Waals surface area contributed by atoms with Gasteiger partial charge in [0.25, 0.3) is 5.91 Å². The van der Waals surface area contributed by atoms with E-state index in [2.05, 4.69) is 43.2 Å². The predicted octanol–water partition coefficient (Wildman–Crippen LogP) is 3.58. The summed E-state index contributed by atoms with van der Waals surface area (Å²) in [6.07, 6.45) is 1.50. The molecule has 2 aromatic carbocycles. The van der Waals surface area contributed by atoms with Crippen LogP contribution in [0.4, 0.5) is 5.69 Å². The summed E-state index contributed by atoms with van der Waals surface area (Å²) < 4.78 is 0. The fourth-order valence-corrected chi connectivity index (χ4v) is 3.33. The Morgan fingerprint density at radius 1 is 1.11 bits per heavy atom. The van der Waals surface area contributed by atoms with Gasteiger partial charge in [0.15, 0.2) is 0 Å². The Kier molecular flexibility index (Phi) is 6.47. The zero-order chi connectivity index (χ0) is 20.1. The van der Waals surface area contributed by atoms with Crippen LogP contribution in [-0.4, -0.2) is 36.3 Å². The Hall–Kier alpha value is -2.66. The molecular formula is C23H29N3O2. The molecule has 0 bridgehead atoms. The van der Waals surface area contributed by atoms with Crippen LogP contribution in [0.15, 0.2) is 48.5 Å². The minimum absolute atomic E-state index is 0.105. The van der Waals surface area contributed by atoms with E-state index < -0.39 is 0 Å². The number of hydrogen-bond acceptors (Lipinski definition) is 3. The van der Waals surface area contributed by atoms with Crippen LogP contribution in [0.1, 0.15) is 48.2 Å². The van der Waals surface area contributed by atoms with E-state index in [0.717, 1.165) is 30.8 Å². The lowest BCUT2D eigenvalue weighted by atomic mass is 10.1. The van der Waals surface area contributed by atoms with Crippen LogP contribution in [0.25, 0.3) is 0 Å². The summed E-state index contributed by atoms with van der Waals surface area (Å²) in [6.45, 7) is 6.44. The Balaban J connectivity index is 1.62. The maximum Gasteiger partial charge on any atom is 0.251 e. The van der Waals surface area contributed by atoms with Crippen LogP contribution in [0.5, 0.6) is 0 Å². The van der Waals surface area contributed by atoms with Crippen molar-refractivity contribution in [3.8, 4) is 0 Å². The second-order valence-electron chi connectivity index (χ2n) is 7.66. The van der Waals surface area contributed by atoms with Crippen LogP contribution in [0, 0.1) is 0 Å². The van der Waals surface area contributed by atoms with Gasteiger partial charge < -0.3 is 10.2 Å². The lowest BCUT2D eigenvalue weighted by Gasteiger charge is -2.22. The molecule has 5 nitrogen and oxygen atoms in total. The number of anilines is 1. The molecule has 0 aliphatic carbocycles. The molecule has 148 valence electrons. The summed E-state index contributed by atoms with van der Waals surface area (Å²) in [7, 11) is 2.10. The summed E-state index contributed by atoms with van der Waals surface area (Å²) in [4.78, 5) is 28.5. The summed E-state index contributed by atoms with van der Waals surface area (Å²) >= 11 is 0. The standard InChI is InChI=1S/C23H29N3O2/c1-17(2)25(3)16-20-8-5-4-7-19(20)15-24-23(28)18-10-12-21(13-11-18)26-14-6-9-22(26)27/h4-5,7-8,10-13,17H,6,9,14-16H2,1-3H3,(H,24,28). The SMILES string of the molecule is CC(C)N(C)Cc1ccccc1CNC(=O)c1ccc(N2CCCC2=O)cc1. The normalized spacial score (nSPS) is 14.2. The van der Waals surface area contributed by atoms with Crippen molar-refractivity contribution in [1.82, 2.24) is 10.2 Å². The van der Waals surface area contributed by atoms with Gasteiger partial charge in [-0.1, -0.05) is 24.3 Å². The molecule has 28 heavy (non-hydrogen) atoms. The molecule has 0 saturated carbocycles. The maximum absolute atomic E-state index is 12.6. The lowest BCUT2D eigenvalue weighted by Crippen LogP contribution is -2.28. The number of carbonyl (C=O) groups excluding carboxylic acids is 2. The molecule has 3 rings (SSSR count). The Labute approximate surface area is 167 Å². The first-order valence-corrected chi connectivity index (χ1v) is 9.91. The summed E-state index contributed by atoms with van der Waals surface area (Å²) in [6, 6.07) is 15.9. The molecule has 1 fully saturated rings. The summed E-state index contributed by atoms with van der Waals surface area (Å²) in [5.74, 6) is 0.0477. The van der Waals surface area contributed by atoms with E-state index in [9.17, 15) is 9.59 Å². The first-order chi connectivity index (χ1) is 13.5. The molecule has 0 spiro atoms. The van der Waals surface area contributed by atoms with Gasteiger partial charge in [0, 0.05) is 43.3 Å². The summed E-state index contributed by atoms with van der Waals surface area (Å²) in [5, 5.41) is 3.02. The van der Waals surface area contributed by atoms with Crippen molar-refractivity contribution < 1.29 is 9.59 Å². The molecule has 1 N–H and O–H groups in total. The Morgan fingerprint density at radius 2 is 1.79 bits per heavy atom. The van der Waals surface area contributed by atoms with E-state index in [1.165, 1.54) is 5.56 Å². The van der Waals surface area contributed by atoms with Crippen LogP contribution in [0.3, 0.4) is 0 Å². The van der Waals surface area contributed by atoms with Crippen molar-refractivity contribution >= 4 is 17.5 Å². The molecule has 0 radical (unpaired) electrons. The highest BCUT2D eigenvalue weighted by Gasteiger charge is 2.21. The average Bonchev–Trinajstić information content (AvgIpc) is 3.13. The third-order valence-corrected chi connectivity index (χ3v) is 5.37. The van der Waals surface area contributed by atoms with E-state index in [-0.39, 0.29) is 11.8 Å². The largest absolute Gasteiger partial charge is 0.348 e. The van der Waals surface area contributed by atoms with Gasteiger partial charge >= 0.3 is 0 Å². The van der Waals surface area contributed by atoms with Gasteiger partial charge in [-0.05, 0) is 62.7 Å². The van der Waals surface area contributed by atoms with Crippen molar-refractivity contribution in [2.75, 3.05) is 18.5 Å². The molecule has 2 aromatic rings. The van der Waals surface area contributed by atoms with Gasteiger partial charge in [-0.25, -0.2) is 0 Å². The van der Waals surface area contributed by atoms with E-state index in [4.69, 9.17) is 0 Å². The fourth-order valence-electron chi connectivity index (χ4n) is 3.33. The van der Waals surface area contributed by atoms with Crippen molar-refractivity contribution in [2.45, 2.75) is 45.8 Å². The van der Waals surface area contributed by atoms with Gasteiger partial charge in [-0.2, -0.15) is 0 Å². The molecule has 0 unspecified atom stereocenters. The first-order valence-electron chi connectivity index (χ1n) is 9.91.